The lowest BCUT2D eigenvalue weighted by Gasteiger charge is -2.14. The molecule has 0 amide bonds. The molecule has 0 radical (unpaired) electrons. The number of allylic oxidation sites excluding steroid dienone is 1. The van der Waals surface area contributed by atoms with Crippen molar-refractivity contribution in [2.45, 2.75) is 53.4 Å². The average molecular weight is 440 g/mol. The van der Waals surface area contributed by atoms with E-state index in [1.807, 2.05) is 50.3 Å². The lowest BCUT2D eigenvalue weighted by molar-refractivity contribution is 0.212. The summed E-state index contributed by atoms with van der Waals surface area (Å²) in [5.74, 6) is 2.74. The van der Waals surface area contributed by atoms with Gasteiger partial charge >= 0.3 is 0 Å². The molecule has 0 aromatic heterocycles. The Balaban J connectivity index is 1.65. The fourth-order valence-electron chi connectivity index (χ4n) is 3.39. The molecule has 0 heterocycles. The Morgan fingerprint density at radius 1 is 0.875 bits per heavy atom. The molecule has 174 valence electrons. The molecule has 0 unspecified atom stereocenters. The minimum absolute atomic E-state index is 0.588. The Kier molecular flexibility index (Phi) is 11.2. The second-order valence-electron chi connectivity index (χ2n) is 7.85. The third kappa shape index (κ3) is 9.04. The van der Waals surface area contributed by atoms with Crippen LogP contribution in [0.5, 0.6) is 17.2 Å². The van der Waals surface area contributed by atoms with Gasteiger partial charge in [-0.1, -0.05) is 29.4 Å². The van der Waals surface area contributed by atoms with Crippen LogP contribution in [-0.2, 0) is 11.3 Å². The molecule has 0 aliphatic heterocycles. The summed E-state index contributed by atoms with van der Waals surface area (Å²) >= 11 is 0. The fraction of sp³-hybridized carbons (Fsp3) is 0.444. The van der Waals surface area contributed by atoms with Gasteiger partial charge in [-0.2, -0.15) is 0 Å². The maximum absolute atomic E-state index is 6.05. The number of aryl methyl sites for hydroxylation is 2. The van der Waals surface area contributed by atoms with Crippen LogP contribution < -0.4 is 14.2 Å². The first-order valence-corrected chi connectivity index (χ1v) is 11.3. The van der Waals surface area contributed by atoms with Crippen LogP contribution in [0.2, 0.25) is 0 Å². The van der Waals surface area contributed by atoms with Crippen molar-refractivity contribution in [3.8, 4) is 17.2 Å². The molecule has 0 fully saturated rings. The van der Waals surface area contributed by atoms with E-state index in [2.05, 4.69) is 31.1 Å². The zero-order valence-corrected chi connectivity index (χ0v) is 20.1. The van der Waals surface area contributed by atoms with Crippen LogP contribution in [0.4, 0.5) is 0 Å². The molecule has 2 rings (SSSR count). The minimum Gasteiger partial charge on any atom is -0.494 e. The quantitative estimate of drug-likeness (QED) is 0.147. The number of oxime groups is 1. The van der Waals surface area contributed by atoms with E-state index in [1.54, 1.807) is 7.11 Å². The van der Waals surface area contributed by atoms with Gasteiger partial charge in [-0.15, -0.1) is 0 Å². The van der Waals surface area contributed by atoms with E-state index in [-0.39, 0.29) is 0 Å². The van der Waals surface area contributed by atoms with Crippen LogP contribution in [0.25, 0.3) is 0 Å². The molecule has 0 N–H and O–H groups in total. The molecule has 2 aromatic carbocycles. The molecule has 32 heavy (non-hydrogen) atoms. The molecule has 0 bridgehead atoms. The van der Waals surface area contributed by atoms with Gasteiger partial charge in [-0.3, -0.25) is 0 Å². The van der Waals surface area contributed by atoms with Crippen LogP contribution in [0.1, 0.15) is 49.8 Å². The van der Waals surface area contributed by atoms with Crippen molar-refractivity contribution >= 4 is 5.71 Å². The van der Waals surface area contributed by atoms with Crippen LogP contribution >= 0.6 is 0 Å². The molecular weight excluding hydrogens is 402 g/mol. The van der Waals surface area contributed by atoms with Gasteiger partial charge in [0.15, 0.2) is 0 Å². The SMILES string of the molecule is C/C=C/COc1cc(C)c(OCCCCCOc2ccc(CC(C)=NOC)cc2)c(C)c1. The molecule has 0 saturated carbocycles. The first kappa shape index (κ1) is 25.3. The Hall–Kier alpha value is -2.95. The highest BCUT2D eigenvalue weighted by Gasteiger charge is 2.07. The van der Waals surface area contributed by atoms with Crippen molar-refractivity contribution in [3.05, 3.63) is 65.2 Å². The highest BCUT2D eigenvalue weighted by atomic mass is 16.6. The number of rotatable bonds is 14. The topological polar surface area (TPSA) is 49.3 Å². The Labute approximate surface area is 193 Å². The zero-order valence-electron chi connectivity index (χ0n) is 20.1. The number of nitrogens with zero attached hydrogens (tertiary/aromatic N) is 1. The lowest BCUT2D eigenvalue weighted by atomic mass is 10.1. The normalized spacial score (nSPS) is 11.6. The largest absolute Gasteiger partial charge is 0.494 e. The van der Waals surface area contributed by atoms with Crippen LogP contribution in [-0.4, -0.2) is 32.6 Å². The minimum atomic E-state index is 0.588. The smallest absolute Gasteiger partial charge is 0.125 e. The molecule has 5 nitrogen and oxygen atoms in total. The van der Waals surface area contributed by atoms with E-state index in [0.29, 0.717) is 19.8 Å². The zero-order chi connectivity index (χ0) is 23.2. The standard InChI is InChI=1S/C27H37NO4/c1-6-7-15-31-26-18-21(2)27(22(3)19-26)32-17-10-8-9-16-30-25-13-11-24(12-14-25)20-23(4)28-29-5/h6-7,11-14,18-19H,8-10,15-17,20H2,1-5H3/b7-6+,28-23?. The van der Waals surface area contributed by atoms with Crippen LogP contribution in [0.15, 0.2) is 53.7 Å². The fourth-order valence-corrected chi connectivity index (χ4v) is 3.39. The second kappa shape index (κ2) is 14.2. The molecule has 5 heteroatoms. The molecule has 0 saturated heterocycles. The van der Waals surface area contributed by atoms with Crippen molar-refractivity contribution in [1.82, 2.24) is 0 Å². The predicted octanol–water partition coefficient (Wildman–Crippen LogP) is 6.45. The number of benzene rings is 2. The first-order chi connectivity index (χ1) is 15.5. The summed E-state index contributed by atoms with van der Waals surface area (Å²) in [6.45, 7) is 10.1. The van der Waals surface area contributed by atoms with Gasteiger partial charge in [-0.25, -0.2) is 0 Å². The number of unbranched alkanes of at least 4 members (excludes halogenated alkanes) is 2. The summed E-state index contributed by atoms with van der Waals surface area (Å²) in [6.07, 6.45) is 7.82. The van der Waals surface area contributed by atoms with E-state index in [0.717, 1.165) is 59.8 Å². The highest BCUT2D eigenvalue weighted by Crippen LogP contribution is 2.28. The van der Waals surface area contributed by atoms with Gasteiger partial charge in [-0.05, 0) is 87.9 Å². The van der Waals surface area contributed by atoms with E-state index >= 15 is 0 Å². The van der Waals surface area contributed by atoms with Gasteiger partial charge < -0.3 is 19.0 Å². The Bertz CT molecular complexity index is 849. The van der Waals surface area contributed by atoms with Crippen LogP contribution in [0, 0.1) is 13.8 Å². The molecule has 0 aliphatic rings. The van der Waals surface area contributed by atoms with Gasteiger partial charge in [0.05, 0.1) is 18.9 Å². The summed E-state index contributed by atoms with van der Waals surface area (Å²) in [4.78, 5) is 4.80. The molecular formula is C27H37NO4. The van der Waals surface area contributed by atoms with Gasteiger partial charge in [0.1, 0.15) is 31.0 Å². The van der Waals surface area contributed by atoms with Crippen LogP contribution in [0.3, 0.4) is 0 Å². The van der Waals surface area contributed by atoms with E-state index in [1.165, 1.54) is 5.56 Å². The molecule has 0 atom stereocenters. The van der Waals surface area contributed by atoms with E-state index < -0.39 is 0 Å². The maximum Gasteiger partial charge on any atom is 0.125 e. The molecule has 2 aromatic rings. The van der Waals surface area contributed by atoms with Gasteiger partial charge in [0, 0.05) is 6.42 Å². The summed E-state index contributed by atoms with van der Waals surface area (Å²) in [7, 11) is 1.56. The third-order valence-electron chi connectivity index (χ3n) is 4.95. The third-order valence-corrected chi connectivity index (χ3v) is 4.95. The highest BCUT2D eigenvalue weighted by molar-refractivity contribution is 5.83. The lowest BCUT2D eigenvalue weighted by Crippen LogP contribution is -2.03. The summed E-state index contributed by atoms with van der Waals surface area (Å²) in [6, 6.07) is 12.2. The summed E-state index contributed by atoms with van der Waals surface area (Å²) in [5, 5.41) is 3.94. The van der Waals surface area contributed by atoms with Crippen molar-refractivity contribution in [3.63, 3.8) is 0 Å². The Morgan fingerprint density at radius 3 is 2.16 bits per heavy atom. The van der Waals surface area contributed by atoms with Gasteiger partial charge in [0.2, 0.25) is 0 Å². The van der Waals surface area contributed by atoms with Gasteiger partial charge in [0.25, 0.3) is 0 Å². The summed E-state index contributed by atoms with van der Waals surface area (Å²) < 4.78 is 17.6. The number of hydrogen-bond donors (Lipinski definition) is 0. The molecule has 0 spiro atoms. The molecule has 0 aliphatic carbocycles. The average Bonchev–Trinajstić information content (AvgIpc) is 2.76. The van der Waals surface area contributed by atoms with E-state index in [9.17, 15) is 0 Å². The van der Waals surface area contributed by atoms with Crippen molar-refractivity contribution in [2.75, 3.05) is 26.9 Å². The van der Waals surface area contributed by atoms with Crippen molar-refractivity contribution < 1.29 is 19.0 Å². The summed E-state index contributed by atoms with van der Waals surface area (Å²) in [5.41, 5.74) is 4.35. The van der Waals surface area contributed by atoms with E-state index in [4.69, 9.17) is 19.0 Å². The predicted molar refractivity (Wildman–Crippen MR) is 131 cm³/mol. The van der Waals surface area contributed by atoms with Crippen molar-refractivity contribution in [1.29, 1.82) is 0 Å². The van der Waals surface area contributed by atoms with Crippen molar-refractivity contribution in [2.24, 2.45) is 5.16 Å². The monoisotopic (exact) mass is 439 g/mol. The Morgan fingerprint density at radius 2 is 1.53 bits per heavy atom. The number of hydrogen-bond acceptors (Lipinski definition) is 5. The maximum atomic E-state index is 6.05. The number of ether oxygens (including phenoxy) is 3. The first-order valence-electron chi connectivity index (χ1n) is 11.3. The second-order valence-corrected chi connectivity index (χ2v) is 7.85.